The Morgan fingerprint density at radius 1 is 1.09 bits per heavy atom. The molecule has 0 saturated heterocycles. The number of nitrogens with zero attached hydrogens (tertiary/aromatic N) is 3. The maximum atomic E-state index is 14.1. The van der Waals surface area contributed by atoms with Crippen LogP contribution in [0.15, 0.2) is 53.3 Å². The molecule has 0 amide bonds. The molecule has 0 aliphatic carbocycles. The highest BCUT2D eigenvalue weighted by Crippen LogP contribution is 2.33. The van der Waals surface area contributed by atoms with Gasteiger partial charge in [0, 0.05) is 19.4 Å². The van der Waals surface area contributed by atoms with Gasteiger partial charge in [0.15, 0.2) is 11.6 Å². The average molecular weight is 375 g/mol. The number of anilines is 1. The lowest BCUT2D eigenvalue weighted by molar-refractivity contribution is 0.427. The van der Waals surface area contributed by atoms with Crippen LogP contribution in [0.1, 0.15) is 0 Å². The van der Waals surface area contributed by atoms with E-state index < -0.39 is 5.82 Å². The fourth-order valence-corrected chi connectivity index (χ4v) is 2.31. The van der Waals surface area contributed by atoms with E-state index in [0.717, 1.165) is 0 Å². The molecule has 1 N–H and O–H groups in total. The maximum Gasteiger partial charge on any atom is 0.228 e. The first-order valence-corrected chi connectivity index (χ1v) is 7.56. The molecule has 0 spiro atoms. The van der Waals surface area contributed by atoms with Gasteiger partial charge in [0.2, 0.25) is 11.8 Å². The molecule has 0 aliphatic rings. The van der Waals surface area contributed by atoms with E-state index in [4.69, 9.17) is 4.74 Å². The average Bonchev–Trinajstić information content (AvgIpc) is 2.59. The molecular formula is C16H12BrFN4O. The number of hydrogen-bond acceptors (Lipinski definition) is 5. The minimum atomic E-state index is -0.484. The summed E-state index contributed by atoms with van der Waals surface area (Å²) in [6.07, 6.45) is 3.21. The zero-order chi connectivity index (χ0) is 16.2. The molecule has 1 aromatic carbocycles. The van der Waals surface area contributed by atoms with Crippen LogP contribution in [0.25, 0.3) is 11.3 Å². The highest BCUT2D eigenvalue weighted by atomic mass is 79.9. The number of pyridine rings is 1. The second kappa shape index (κ2) is 6.70. The summed E-state index contributed by atoms with van der Waals surface area (Å²) in [6, 6.07) is 10.1. The minimum absolute atomic E-state index is 0.0854. The van der Waals surface area contributed by atoms with Crippen molar-refractivity contribution in [1.29, 1.82) is 0 Å². The SMILES string of the molecule is CNc1nccc(-c2cccnc2Oc2cccc(Br)c2F)n1. The van der Waals surface area contributed by atoms with Crippen LogP contribution in [0, 0.1) is 5.82 Å². The van der Waals surface area contributed by atoms with Crippen LogP contribution in [0.5, 0.6) is 11.6 Å². The molecule has 116 valence electrons. The molecule has 23 heavy (non-hydrogen) atoms. The second-order valence-electron chi connectivity index (χ2n) is 4.53. The van der Waals surface area contributed by atoms with Gasteiger partial charge in [-0.15, -0.1) is 0 Å². The van der Waals surface area contributed by atoms with Crippen molar-refractivity contribution < 1.29 is 9.13 Å². The van der Waals surface area contributed by atoms with Gasteiger partial charge in [-0.3, -0.25) is 0 Å². The number of benzene rings is 1. The number of aromatic nitrogens is 3. The van der Waals surface area contributed by atoms with Crippen molar-refractivity contribution in [3.63, 3.8) is 0 Å². The molecule has 5 nitrogen and oxygen atoms in total. The van der Waals surface area contributed by atoms with Gasteiger partial charge >= 0.3 is 0 Å². The Kier molecular flexibility index (Phi) is 4.47. The highest BCUT2D eigenvalue weighted by molar-refractivity contribution is 9.10. The Morgan fingerprint density at radius 3 is 2.78 bits per heavy atom. The third-order valence-corrected chi connectivity index (χ3v) is 3.66. The lowest BCUT2D eigenvalue weighted by Gasteiger charge is -2.11. The van der Waals surface area contributed by atoms with E-state index in [1.807, 2.05) is 0 Å². The van der Waals surface area contributed by atoms with Crippen LogP contribution in [-0.4, -0.2) is 22.0 Å². The predicted octanol–water partition coefficient (Wildman–Crippen LogP) is 4.27. The summed E-state index contributed by atoms with van der Waals surface area (Å²) in [6.45, 7) is 0. The summed E-state index contributed by atoms with van der Waals surface area (Å²) < 4.78 is 20.1. The molecule has 2 heterocycles. The molecule has 0 unspecified atom stereocenters. The Hall–Kier alpha value is -2.54. The molecule has 0 radical (unpaired) electrons. The summed E-state index contributed by atoms with van der Waals surface area (Å²) >= 11 is 3.14. The Bertz CT molecular complexity index is 844. The lowest BCUT2D eigenvalue weighted by atomic mass is 10.2. The monoisotopic (exact) mass is 374 g/mol. The molecule has 0 saturated carbocycles. The topological polar surface area (TPSA) is 59.9 Å². The minimum Gasteiger partial charge on any atom is -0.435 e. The van der Waals surface area contributed by atoms with Crippen molar-refractivity contribution in [3.8, 4) is 22.9 Å². The lowest BCUT2D eigenvalue weighted by Crippen LogP contribution is -1.99. The van der Waals surface area contributed by atoms with Gasteiger partial charge in [-0.25, -0.2) is 19.3 Å². The van der Waals surface area contributed by atoms with Gasteiger partial charge in [0.1, 0.15) is 0 Å². The zero-order valence-corrected chi connectivity index (χ0v) is 13.7. The van der Waals surface area contributed by atoms with Crippen molar-refractivity contribution in [2.75, 3.05) is 12.4 Å². The van der Waals surface area contributed by atoms with E-state index in [9.17, 15) is 4.39 Å². The molecule has 0 aliphatic heterocycles. The van der Waals surface area contributed by atoms with Crippen molar-refractivity contribution in [2.24, 2.45) is 0 Å². The molecule has 2 aromatic heterocycles. The summed E-state index contributed by atoms with van der Waals surface area (Å²) in [4.78, 5) is 12.6. The van der Waals surface area contributed by atoms with Gasteiger partial charge in [-0.1, -0.05) is 6.07 Å². The molecule has 3 rings (SSSR count). The summed E-state index contributed by atoms with van der Waals surface area (Å²) in [5.74, 6) is 0.348. The molecule has 0 atom stereocenters. The predicted molar refractivity (Wildman–Crippen MR) is 89.0 cm³/mol. The Morgan fingerprint density at radius 2 is 1.96 bits per heavy atom. The molecular weight excluding hydrogens is 363 g/mol. The van der Waals surface area contributed by atoms with E-state index >= 15 is 0 Å². The molecule has 0 bridgehead atoms. The van der Waals surface area contributed by atoms with Crippen molar-refractivity contribution in [3.05, 3.63) is 59.1 Å². The van der Waals surface area contributed by atoms with Crippen LogP contribution in [0.3, 0.4) is 0 Å². The molecule has 0 fully saturated rings. The standard InChI is InChI=1S/C16H12BrFN4O/c1-19-16-21-9-7-12(22-16)10-4-3-8-20-15(10)23-13-6-2-5-11(17)14(13)18/h2-9H,1H3,(H,19,21,22). The van der Waals surface area contributed by atoms with Crippen molar-refractivity contribution in [2.45, 2.75) is 0 Å². The zero-order valence-electron chi connectivity index (χ0n) is 12.1. The van der Waals surface area contributed by atoms with Crippen LogP contribution < -0.4 is 10.1 Å². The first-order chi connectivity index (χ1) is 11.2. The van der Waals surface area contributed by atoms with Gasteiger partial charge in [-0.2, -0.15) is 0 Å². The Balaban J connectivity index is 2.02. The van der Waals surface area contributed by atoms with E-state index in [1.54, 1.807) is 49.8 Å². The number of nitrogens with one attached hydrogen (secondary N) is 1. The van der Waals surface area contributed by atoms with E-state index in [-0.39, 0.29) is 11.6 Å². The fraction of sp³-hybridized carbons (Fsp3) is 0.0625. The molecule has 3 aromatic rings. The van der Waals surface area contributed by atoms with E-state index in [1.165, 1.54) is 6.07 Å². The third kappa shape index (κ3) is 3.29. The smallest absolute Gasteiger partial charge is 0.228 e. The highest BCUT2D eigenvalue weighted by Gasteiger charge is 2.14. The fourth-order valence-electron chi connectivity index (χ4n) is 1.96. The van der Waals surface area contributed by atoms with Crippen molar-refractivity contribution >= 4 is 21.9 Å². The quantitative estimate of drug-likeness (QED) is 0.738. The van der Waals surface area contributed by atoms with E-state index in [2.05, 4.69) is 36.2 Å². The van der Waals surface area contributed by atoms with Crippen LogP contribution in [0.4, 0.5) is 10.3 Å². The normalized spacial score (nSPS) is 10.4. The molecule has 7 heteroatoms. The van der Waals surface area contributed by atoms with Gasteiger partial charge < -0.3 is 10.1 Å². The summed E-state index contributed by atoms with van der Waals surface area (Å²) in [5.41, 5.74) is 1.27. The third-order valence-electron chi connectivity index (χ3n) is 3.05. The second-order valence-corrected chi connectivity index (χ2v) is 5.38. The van der Waals surface area contributed by atoms with Crippen molar-refractivity contribution in [1.82, 2.24) is 15.0 Å². The first kappa shape index (κ1) is 15.4. The number of rotatable bonds is 4. The van der Waals surface area contributed by atoms with Crippen LogP contribution in [-0.2, 0) is 0 Å². The Labute approximate surface area is 140 Å². The number of halogens is 2. The summed E-state index contributed by atoms with van der Waals surface area (Å²) in [5, 5.41) is 2.87. The van der Waals surface area contributed by atoms with Crippen LogP contribution in [0.2, 0.25) is 0 Å². The maximum absolute atomic E-state index is 14.1. The van der Waals surface area contributed by atoms with Gasteiger partial charge in [0.05, 0.1) is 15.7 Å². The largest absolute Gasteiger partial charge is 0.435 e. The van der Waals surface area contributed by atoms with Gasteiger partial charge in [0.25, 0.3) is 0 Å². The number of hydrogen-bond donors (Lipinski definition) is 1. The number of ether oxygens (including phenoxy) is 1. The van der Waals surface area contributed by atoms with E-state index in [0.29, 0.717) is 21.7 Å². The summed E-state index contributed by atoms with van der Waals surface area (Å²) in [7, 11) is 1.73. The van der Waals surface area contributed by atoms with Crippen LogP contribution >= 0.6 is 15.9 Å². The van der Waals surface area contributed by atoms with Gasteiger partial charge in [-0.05, 0) is 46.3 Å². The first-order valence-electron chi connectivity index (χ1n) is 6.77.